The summed E-state index contributed by atoms with van der Waals surface area (Å²) in [6.07, 6.45) is 0.346. The Morgan fingerprint density at radius 1 is 0.872 bits per heavy atom. The third-order valence-electron chi connectivity index (χ3n) is 6.06. The van der Waals surface area contributed by atoms with Gasteiger partial charge in [-0.1, -0.05) is 74.3 Å². The Kier molecular flexibility index (Phi) is 10.8. The van der Waals surface area contributed by atoms with Crippen LogP contribution < -0.4 is 9.62 Å². The molecule has 0 aliphatic carbocycles. The normalized spacial score (nSPS) is 12.2. The standard InChI is InChI=1S/C29H33Cl2N3O4S/c1-4-27(29(36)32-18-21(2)3)33(19-22-10-12-23(30)13-11-22)28(35)20-34(25-8-6-5-7-9-25)39(37,38)26-16-14-24(31)15-17-26/h5-17,21,27H,4,18-20H2,1-3H3,(H,32,36). The van der Waals surface area contributed by atoms with E-state index in [4.69, 9.17) is 23.2 Å². The van der Waals surface area contributed by atoms with E-state index in [1.165, 1.54) is 29.2 Å². The van der Waals surface area contributed by atoms with E-state index >= 15 is 0 Å². The Bertz CT molecular complexity index is 1350. The second-order valence-corrected chi connectivity index (χ2v) is 12.2. The first kappa shape index (κ1) is 30.5. The number of hydrogen-bond acceptors (Lipinski definition) is 4. The molecular formula is C29H33Cl2N3O4S. The van der Waals surface area contributed by atoms with Crippen molar-refractivity contribution < 1.29 is 18.0 Å². The minimum Gasteiger partial charge on any atom is -0.354 e. The van der Waals surface area contributed by atoms with Crippen molar-refractivity contribution in [1.29, 1.82) is 0 Å². The lowest BCUT2D eigenvalue weighted by Crippen LogP contribution is -2.52. The number of hydrogen-bond donors (Lipinski definition) is 1. The van der Waals surface area contributed by atoms with E-state index in [2.05, 4.69) is 5.32 Å². The summed E-state index contributed by atoms with van der Waals surface area (Å²) in [5.41, 5.74) is 1.08. The van der Waals surface area contributed by atoms with Gasteiger partial charge in [-0.3, -0.25) is 13.9 Å². The topological polar surface area (TPSA) is 86.8 Å². The molecule has 0 aromatic heterocycles. The molecule has 0 saturated heterocycles. The second kappa shape index (κ2) is 13.8. The summed E-state index contributed by atoms with van der Waals surface area (Å²) >= 11 is 12.0. The molecule has 0 bridgehead atoms. The van der Waals surface area contributed by atoms with Gasteiger partial charge in [0.1, 0.15) is 12.6 Å². The number of nitrogens with zero attached hydrogens (tertiary/aromatic N) is 2. The van der Waals surface area contributed by atoms with Gasteiger partial charge >= 0.3 is 0 Å². The molecule has 2 amide bonds. The van der Waals surface area contributed by atoms with E-state index in [1.807, 2.05) is 20.8 Å². The highest BCUT2D eigenvalue weighted by atomic mass is 35.5. The molecule has 3 rings (SSSR count). The molecule has 39 heavy (non-hydrogen) atoms. The van der Waals surface area contributed by atoms with Crippen LogP contribution in [0.25, 0.3) is 0 Å². The summed E-state index contributed by atoms with van der Waals surface area (Å²) in [5.74, 6) is -0.580. The van der Waals surface area contributed by atoms with Gasteiger partial charge < -0.3 is 10.2 Å². The maximum Gasteiger partial charge on any atom is 0.264 e. The summed E-state index contributed by atoms with van der Waals surface area (Å²) in [4.78, 5) is 28.6. The van der Waals surface area contributed by atoms with Gasteiger partial charge in [0.25, 0.3) is 10.0 Å². The lowest BCUT2D eigenvalue weighted by molar-refractivity contribution is -0.140. The molecule has 10 heteroatoms. The molecule has 0 fully saturated rings. The van der Waals surface area contributed by atoms with Crippen LogP contribution in [0, 0.1) is 5.92 Å². The summed E-state index contributed by atoms with van der Waals surface area (Å²) in [6.45, 7) is 5.85. The van der Waals surface area contributed by atoms with Gasteiger partial charge in [-0.2, -0.15) is 0 Å². The van der Waals surface area contributed by atoms with Crippen molar-refractivity contribution in [3.63, 3.8) is 0 Å². The van der Waals surface area contributed by atoms with E-state index in [9.17, 15) is 18.0 Å². The van der Waals surface area contributed by atoms with Crippen LogP contribution >= 0.6 is 23.2 Å². The van der Waals surface area contributed by atoms with Crippen molar-refractivity contribution in [3.8, 4) is 0 Å². The number of halogens is 2. The van der Waals surface area contributed by atoms with Crippen molar-refractivity contribution >= 4 is 50.7 Å². The fourth-order valence-electron chi connectivity index (χ4n) is 3.99. The number of sulfonamides is 1. The van der Waals surface area contributed by atoms with Crippen molar-refractivity contribution in [2.24, 2.45) is 5.92 Å². The van der Waals surface area contributed by atoms with Gasteiger partial charge in [0.15, 0.2) is 0 Å². The lowest BCUT2D eigenvalue weighted by atomic mass is 10.1. The molecule has 7 nitrogen and oxygen atoms in total. The Labute approximate surface area is 240 Å². The van der Waals surface area contributed by atoms with E-state index in [0.717, 1.165) is 9.87 Å². The molecule has 3 aromatic carbocycles. The predicted octanol–water partition coefficient (Wildman–Crippen LogP) is 5.77. The molecule has 1 N–H and O–H groups in total. The molecular weight excluding hydrogens is 557 g/mol. The van der Waals surface area contributed by atoms with E-state index in [1.54, 1.807) is 54.6 Å². The van der Waals surface area contributed by atoms with E-state index in [-0.39, 0.29) is 23.3 Å². The highest BCUT2D eigenvalue weighted by molar-refractivity contribution is 7.92. The number of benzene rings is 3. The maximum atomic E-state index is 14.0. The summed E-state index contributed by atoms with van der Waals surface area (Å²) in [7, 11) is -4.14. The maximum absolute atomic E-state index is 14.0. The Morgan fingerprint density at radius 2 is 1.44 bits per heavy atom. The van der Waals surface area contributed by atoms with Gasteiger partial charge in [-0.15, -0.1) is 0 Å². The molecule has 1 atom stereocenters. The van der Waals surface area contributed by atoms with Gasteiger partial charge in [-0.05, 0) is 66.4 Å². The number of carbonyl (C=O) groups is 2. The van der Waals surface area contributed by atoms with Gasteiger partial charge in [0, 0.05) is 23.1 Å². The zero-order chi connectivity index (χ0) is 28.6. The average Bonchev–Trinajstić information content (AvgIpc) is 2.92. The van der Waals surface area contributed by atoms with Gasteiger partial charge in [0.2, 0.25) is 11.8 Å². The molecule has 3 aromatic rings. The molecule has 1 unspecified atom stereocenters. The van der Waals surface area contributed by atoms with Crippen LogP contribution in [0.2, 0.25) is 10.0 Å². The summed E-state index contributed by atoms with van der Waals surface area (Å²) in [6, 6.07) is 20.3. The largest absolute Gasteiger partial charge is 0.354 e. The fourth-order valence-corrected chi connectivity index (χ4v) is 5.65. The van der Waals surface area contributed by atoms with E-state index < -0.39 is 28.5 Å². The molecule has 0 spiro atoms. The molecule has 0 heterocycles. The fraction of sp³-hybridized carbons (Fsp3) is 0.310. The third-order valence-corrected chi connectivity index (χ3v) is 8.35. The Balaban J connectivity index is 2.01. The first-order chi connectivity index (χ1) is 18.5. The van der Waals surface area contributed by atoms with Crippen molar-refractivity contribution in [2.45, 2.75) is 44.7 Å². The van der Waals surface area contributed by atoms with Gasteiger partial charge in [-0.25, -0.2) is 8.42 Å². The molecule has 0 aliphatic heterocycles. The Hall–Kier alpha value is -3.07. The summed E-state index contributed by atoms with van der Waals surface area (Å²) < 4.78 is 28.6. The van der Waals surface area contributed by atoms with Gasteiger partial charge in [0.05, 0.1) is 10.6 Å². The van der Waals surface area contributed by atoms with Crippen LogP contribution in [0.5, 0.6) is 0 Å². The number of para-hydroxylation sites is 1. The van der Waals surface area contributed by atoms with Crippen LogP contribution in [0.15, 0.2) is 83.8 Å². The first-order valence-electron chi connectivity index (χ1n) is 12.7. The zero-order valence-corrected chi connectivity index (χ0v) is 24.5. The number of nitrogens with one attached hydrogen (secondary N) is 1. The van der Waals surface area contributed by atoms with Crippen LogP contribution in [0.3, 0.4) is 0 Å². The predicted molar refractivity (Wildman–Crippen MR) is 156 cm³/mol. The van der Waals surface area contributed by atoms with Crippen LogP contribution in [-0.4, -0.2) is 44.3 Å². The number of carbonyl (C=O) groups excluding carboxylic acids is 2. The first-order valence-corrected chi connectivity index (χ1v) is 14.9. The Morgan fingerprint density at radius 3 is 1.97 bits per heavy atom. The van der Waals surface area contributed by atoms with E-state index in [0.29, 0.717) is 28.7 Å². The minimum atomic E-state index is -4.14. The van der Waals surface area contributed by atoms with Crippen LogP contribution in [0.1, 0.15) is 32.8 Å². The molecule has 0 saturated carbocycles. The van der Waals surface area contributed by atoms with Crippen LogP contribution in [-0.2, 0) is 26.2 Å². The van der Waals surface area contributed by atoms with Crippen molar-refractivity contribution in [1.82, 2.24) is 10.2 Å². The number of amides is 2. The van der Waals surface area contributed by atoms with Crippen LogP contribution in [0.4, 0.5) is 5.69 Å². The molecule has 0 radical (unpaired) electrons. The third kappa shape index (κ3) is 8.21. The number of anilines is 1. The highest BCUT2D eigenvalue weighted by Gasteiger charge is 2.33. The molecule has 0 aliphatic rings. The lowest BCUT2D eigenvalue weighted by Gasteiger charge is -2.33. The van der Waals surface area contributed by atoms with Crippen molar-refractivity contribution in [2.75, 3.05) is 17.4 Å². The number of rotatable bonds is 12. The zero-order valence-electron chi connectivity index (χ0n) is 22.2. The minimum absolute atomic E-state index is 0.00507. The summed E-state index contributed by atoms with van der Waals surface area (Å²) in [5, 5.41) is 3.85. The quantitative estimate of drug-likeness (QED) is 0.290. The SMILES string of the molecule is CCC(C(=O)NCC(C)C)N(Cc1ccc(Cl)cc1)C(=O)CN(c1ccccc1)S(=O)(=O)c1ccc(Cl)cc1. The monoisotopic (exact) mass is 589 g/mol. The smallest absolute Gasteiger partial charge is 0.264 e. The highest BCUT2D eigenvalue weighted by Crippen LogP contribution is 2.25. The second-order valence-electron chi connectivity index (χ2n) is 9.51. The van der Waals surface area contributed by atoms with Crippen molar-refractivity contribution in [3.05, 3.63) is 94.5 Å². The average molecular weight is 591 g/mol. The molecule has 208 valence electrons.